The topological polar surface area (TPSA) is 200 Å². The van der Waals surface area contributed by atoms with Crippen LogP contribution in [0.2, 0.25) is 0 Å². The first-order valence-electron chi connectivity index (χ1n) is 11.1. The number of oxazole rings is 2. The number of carbonyl (C=O) groups excluding carboxylic acids is 1. The molecule has 0 saturated carbocycles. The molecule has 0 saturated heterocycles. The number of fused-ring (bicyclic) bond motifs is 3. The number of non-ortho nitro benzene ring substituents is 2. The van der Waals surface area contributed by atoms with Gasteiger partial charge in [-0.1, -0.05) is 12.1 Å². The van der Waals surface area contributed by atoms with Crippen molar-refractivity contribution >= 4 is 35.0 Å². The lowest BCUT2D eigenvalue weighted by Crippen LogP contribution is -2.37. The van der Waals surface area contributed by atoms with Gasteiger partial charge in [-0.05, 0) is 36.3 Å². The number of carbonyl (C=O) groups is 1. The summed E-state index contributed by atoms with van der Waals surface area (Å²) in [7, 11) is 0. The smallest absolute Gasteiger partial charge is 0.362 e. The highest BCUT2D eigenvalue weighted by atomic mass is 16.6. The second-order valence-corrected chi connectivity index (χ2v) is 8.07. The van der Waals surface area contributed by atoms with Gasteiger partial charge < -0.3 is 19.3 Å². The van der Waals surface area contributed by atoms with E-state index in [1.807, 2.05) is 0 Å². The molecule has 0 unspecified atom stereocenters. The van der Waals surface area contributed by atoms with Crippen LogP contribution in [0.4, 0.5) is 17.4 Å². The van der Waals surface area contributed by atoms with Crippen molar-refractivity contribution in [2.75, 3.05) is 12.3 Å². The predicted octanol–water partition coefficient (Wildman–Crippen LogP) is 1.51. The SMILES string of the molecule is CCOC(=O)C1=c2oc(=O)/c(=C\c3ccc([N+](=O)[O-])cc3)n2-c2oc(N)nc2[C@@H]1c1ccc([N+](=O)[O-])cc1. The first-order valence-corrected chi connectivity index (χ1v) is 11.1. The number of nitrogens with two attached hydrogens (primary N) is 1. The highest BCUT2D eigenvalue weighted by Gasteiger charge is 2.39. The van der Waals surface area contributed by atoms with Gasteiger partial charge in [0.25, 0.3) is 17.4 Å². The minimum atomic E-state index is -0.997. The van der Waals surface area contributed by atoms with Gasteiger partial charge in [0.1, 0.15) is 16.6 Å². The molecule has 1 aliphatic rings. The Morgan fingerprint density at radius 1 is 1.08 bits per heavy atom. The van der Waals surface area contributed by atoms with Gasteiger partial charge in [0, 0.05) is 24.3 Å². The maximum atomic E-state index is 13.2. The first-order chi connectivity index (χ1) is 18.2. The van der Waals surface area contributed by atoms with Gasteiger partial charge in [0.2, 0.25) is 11.4 Å². The maximum Gasteiger partial charge on any atom is 0.362 e. The first kappa shape index (κ1) is 24.2. The zero-order valence-electron chi connectivity index (χ0n) is 19.5. The molecule has 3 heterocycles. The minimum absolute atomic E-state index is 0.00656. The molecule has 0 radical (unpaired) electrons. The number of hydrogen-bond donors (Lipinski definition) is 1. The number of ether oxygens (including phenoxy) is 1. The van der Waals surface area contributed by atoms with Crippen molar-refractivity contribution in [3.05, 3.63) is 107 Å². The predicted molar refractivity (Wildman–Crippen MR) is 130 cm³/mol. The standard InChI is InChI=1S/C24H17N5O9/c1-2-36-23(31)18-17(13-5-9-15(10-6-13)29(34)35)19-21(38-24(25)26-19)27-16(22(30)37-20(18)27)11-12-3-7-14(8-4-12)28(32)33/h3-11,17H,2H2,1H3,(H2,25,26)/b16-11+/t17-/m1/s1. The fraction of sp³-hybridized carbons (Fsp3) is 0.125. The molecule has 14 heteroatoms. The van der Waals surface area contributed by atoms with Gasteiger partial charge in [-0.25, -0.2) is 14.2 Å². The molecule has 38 heavy (non-hydrogen) atoms. The Morgan fingerprint density at radius 3 is 2.26 bits per heavy atom. The van der Waals surface area contributed by atoms with Crippen LogP contribution in [-0.4, -0.2) is 32.0 Å². The van der Waals surface area contributed by atoms with Crippen molar-refractivity contribution in [3.8, 4) is 5.88 Å². The largest absolute Gasteiger partial charge is 0.462 e. The molecule has 5 rings (SSSR count). The highest BCUT2D eigenvalue weighted by Crippen LogP contribution is 2.39. The minimum Gasteiger partial charge on any atom is -0.462 e. The quantitative estimate of drug-likeness (QED) is 0.220. The third-order valence-electron chi connectivity index (χ3n) is 5.83. The van der Waals surface area contributed by atoms with Gasteiger partial charge in [0.15, 0.2) is 0 Å². The Kier molecular flexibility index (Phi) is 5.83. The van der Waals surface area contributed by atoms with Crippen molar-refractivity contribution in [2.45, 2.75) is 12.8 Å². The zero-order valence-corrected chi connectivity index (χ0v) is 19.5. The normalized spacial score (nSPS) is 14.6. The third kappa shape index (κ3) is 3.99. The molecular formula is C24H17N5O9. The van der Waals surface area contributed by atoms with Crippen LogP contribution >= 0.6 is 0 Å². The Labute approximate surface area is 211 Å². The van der Waals surface area contributed by atoms with E-state index in [1.165, 1.54) is 59.2 Å². The zero-order chi connectivity index (χ0) is 27.1. The van der Waals surface area contributed by atoms with E-state index in [0.717, 1.165) is 0 Å². The number of aromatic nitrogens is 2. The van der Waals surface area contributed by atoms with E-state index in [4.69, 9.17) is 19.3 Å². The Morgan fingerprint density at radius 2 is 1.68 bits per heavy atom. The molecule has 1 atom stereocenters. The molecule has 0 amide bonds. The number of anilines is 1. The van der Waals surface area contributed by atoms with E-state index in [1.54, 1.807) is 6.92 Å². The molecule has 4 aromatic rings. The summed E-state index contributed by atoms with van der Waals surface area (Å²) < 4.78 is 17.6. The van der Waals surface area contributed by atoms with Crippen LogP contribution in [0, 0.1) is 20.2 Å². The summed E-state index contributed by atoms with van der Waals surface area (Å²) in [6.07, 6.45) is 1.40. The van der Waals surface area contributed by atoms with Crippen molar-refractivity contribution in [1.82, 2.24) is 9.55 Å². The van der Waals surface area contributed by atoms with Crippen LogP contribution in [0.5, 0.6) is 0 Å². The molecule has 1 aliphatic heterocycles. The summed E-state index contributed by atoms with van der Waals surface area (Å²) in [6.45, 7) is 1.61. The number of hydrogen-bond acceptors (Lipinski definition) is 11. The Hall–Kier alpha value is -5.53. The van der Waals surface area contributed by atoms with Gasteiger partial charge in [-0.3, -0.25) is 20.2 Å². The van der Waals surface area contributed by atoms with Gasteiger partial charge >= 0.3 is 11.6 Å². The van der Waals surface area contributed by atoms with E-state index >= 15 is 0 Å². The lowest BCUT2D eigenvalue weighted by atomic mass is 9.87. The summed E-state index contributed by atoms with van der Waals surface area (Å²) in [5.41, 5.74) is 5.40. The van der Waals surface area contributed by atoms with Crippen molar-refractivity contribution < 1.29 is 28.2 Å². The molecule has 14 nitrogen and oxygen atoms in total. The second kappa shape index (κ2) is 9.16. The number of nitrogen functional groups attached to an aromatic ring is 1. The van der Waals surface area contributed by atoms with Crippen LogP contribution in [0.3, 0.4) is 0 Å². The molecular weight excluding hydrogens is 502 g/mol. The van der Waals surface area contributed by atoms with Gasteiger partial charge in [0.05, 0.1) is 22.4 Å². The summed E-state index contributed by atoms with van der Waals surface area (Å²) in [5, 5.41) is 22.1. The summed E-state index contributed by atoms with van der Waals surface area (Å²) in [5.74, 6) is -1.82. The number of nitro groups is 2. The molecule has 0 aliphatic carbocycles. The van der Waals surface area contributed by atoms with Crippen molar-refractivity contribution in [3.63, 3.8) is 0 Å². The number of esters is 1. The molecule has 2 aromatic carbocycles. The average Bonchev–Trinajstić information content (AvgIpc) is 3.42. The molecule has 0 spiro atoms. The van der Waals surface area contributed by atoms with Crippen LogP contribution < -0.4 is 22.3 Å². The van der Waals surface area contributed by atoms with Gasteiger partial charge in [-0.15, -0.1) is 0 Å². The summed E-state index contributed by atoms with van der Waals surface area (Å²) in [4.78, 5) is 51.5. The van der Waals surface area contributed by atoms with Gasteiger partial charge in [-0.2, -0.15) is 4.98 Å². The van der Waals surface area contributed by atoms with Crippen LogP contribution in [0.1, 0.15) is 29.7 Å². The Bertz CT molecular complexity index is 1780. The molecule has 0 bridgehead atoms. The van der Waals surface area contributed by atoms with Crippen LogP contribution in [0.15, 0.2) is 62.2 Å². The number of nitro benzene ring substituents is 2. The molecule has 2 aromatic heterocycles. The average molecular weight is 519 g/mol. The summed E-state index contributed by atoms with van der Waals surface area (Å²) >= 11 is 0. The molecule has 0 fully saturated rings. The molecule has 192 valence electrons. The van der Waals surface area contributed by atoms with E-state index in [9.17, 15) is 29.8 Å². The lowest BCUT2D eigenvalue weighted by Gasteiger charge is -2.21. The number of benzene rings is 2. The molecule has 2 N–H and O–H groups in total. The fourth-order valence-electron chi connectivity index (χ4n) is 4.21. The number of rotatable bonds is 6. The van der Waals surface area contributed by atoms with E-state index in [2.05, 4.69) is 4.98 Å². The van der Waals surface area contributed by atoms with Crippen molar-refractivity contribution in [1.29, 1.82) is 0 Å². The van der Waals surface area contributed by atoms with E-state index < -0.39 is 27.4 Å². The maximum absolute atomic E-state index is 13.2. The monoisotopic (exact) mass is 519 g/mol. The summed E-state index contributed by atoms with van der Waals surface area (Å²) in [6, 6.07) is 10.6. The van der Waals surface area contributed by atoms with Crippen LogP contribution in [-0.2, 0) is 9.53 Å². The van der Waals surface area contributed by atoms with E-state index in [-0.39, 0.29) is 52.0 Å². The van der Waals surface area contributed by atoms with Crippen molar-refractivity contribution in [2.24, 2.45) is 0 Å². The fourth-order valence-corrected chi connectivity index (χ4v) is 4.21. The lowest BCUT2D eigenvalue weighted by molar-refractivity contribution is -0.385. The van der Waals surface area contributed by atoms with Crippen LogP contribution in [0.25, 0.3) is 17.5 Å². The highest BCUT2D eigenvalue weighted by molar-refractivity contribution is 6.12. The Balaban J connectivity index is 1.82. The second-order valence-electron chi connectivity index (χ2n) is 8.07. The number of nitrogens with zero attached hydrogens (tertiary/aromatic N) is 4. The third-order valence-corrected chi connectivity index (χ3v) is 5.83. The van der Waals surface area contributed by atoms with E-state index in [0.29, 0.717) is 11.1 Å².